The molecule has 116 valence electrons. The van der Waals surface area contributed by atoms with Gasteiger partial charge in [-0.2, -0.15) is 0 Å². The van der Waals surface area contributed by atoms with Crippen molar-refractivity contribution in [2.75, 3.05) is 0 Å². The minimum atomic E-state index is -0.381. The standard InChI is InChI=1S/C17H19ClN2O2/c18-14-3-1-2-13(8-14)11-22-16-6-4-12(5-7-16)9-15(19)10-17(20)21/h1-8,15H,9-11,19H2,(H2,20,21). The second-order valence-electron chi connectivity index (χ2n) is 5.20. The summed E-state index contributed by atoms with van der Waals surface area (Å²) >= 11 is 5.93. The molecular weight excluding hydrogens is 300 g/mol. The summed E-state index contributed by atoms with van der Waals surface area (Å²) < 4.78 is 5.71. The van der Waals surface area contributed by atoms with E-state index in [1.54, 1.807) is 0 Å². The number of hydrogen-bond donors (Lipinski definition) is 2. The third-order valence-corrected chi connectivity index (χ3v) is 3.41. The monoisotopic (exact) mass is 318 g/mol. The fraction of sp³-hybridized carbons (Fsp3) is 0.235. The Kier molecular flexibility index (Phi) is 5.81. The van der Waals surface area contributed by atoms with Crippen molar-refractivity contribution < 1.29 is 9.53 Å². The molecular formula is C17H19ClN2O2. The maximum atomic E-state index is 10.8. The predicted octanol–water partition coefficient (Wildman–Crippen LogP) is 2.66. The van der Waals surface area contributed by atoms with Crippen LogP contribution in [0, 0.1) is 0 Å². The van der Waals surface area contributed by atoms with Gasteiger partial charge in [-0.05, 0) is 41.8 Å². The van der Waals surface area contributed by atoms with Crippen LogP contribution in [0.3, 0.4) is 0 Å². The molecule has 2 aromatic carbocycles. The van der Waals surface area contributed by atoms with E-state index in [9.17, 15) is 4.79 Å². The van der Waals surface area contributed by atoms with Crippen LogP contribution in [-0.4, -0.2) is 11.9 Å². The first-order chi connectivity index (χ1) is 10.5. The van der Waals surface area contributed by atoms with Gasteiger partial charge in [0.2, 0.25) is 5.91 Å². The summed E-state index contributed by atoms with van der Waals surface area (Å²) in [5.41, 5.74) is 13.0. The van der Waals surface area contributed by atoms with Crippen molar-refractivity contribution in [2.24, 2.45) is 11.5 Å². The molecule has 2 rings (SSSR count). The molecule has 5 heteroatoms. The second kappa shape index (κ2) is 7.82. The van der Waals surface area contributed by atoms with E-state index in [0.29, 0.717) is 18.1 Å². The van der Waals surface area contributed by atoms with Gasteiger partial charge in [0.05, 0.1) is 0 Å². The Bertz CT molecular complexity index is 629. The summed E-state index contributed by atoms with van der Waals surface area (Å²) in [6.45, 7) is 0.459. The van der Waals surface area contributed by atoms with E-state index in [0.717, 1.165) is 16.9 Å². The lowest BCUT2D eigenvalue weighted by Gasteiger charge is -2.11. The minimum absolute atomic E-state index is 0.188. The maximum absolute atomic E-state index is 10.8. The largest absolute Gasteiger partial charge is 0.489 e. The highest BCUT2D eigenvalue weighted by Crippen LogP contribution is 2.17. The van der Waals surface area contributed by atoms with Crippen molar-refractivity contribution in [1.82, 2.24) is 0 Å². The molecule has 0 bridgehead atoms. The Hall–Kier alpha value is -2.04. The van der Waals surface area contributed by atoms with Gasteiger partial charge < -0.3 is 16.2 Å². The van der Waals surface area contributed by atoms with Crippen LogP contribution in [-0.2, 0) is 17.8 Å². The van der Waals surface area contributed by atoms with E-state index in [1.807, 2.05) is 48.5 Å². The molecule has 0 saturated carbocycles. The van der Waals surface area contributed by atoms with Gasteiger partial charge in [-0.3, -0.25) is 4.79 Å². The van der Waals surface area contributed by atoms with Gasteiger partial charge in [-0.15, -0.1) is 0 Å². The molecule has 1 atom stereocenters. The molecule has 0 aliphatic heterocycles. The Labute approximate surface area is 135 Å². The number of amides is 1. The SMILES string of the molecule is NC(=O)CC(N)Cc1ccc(OCc2cccc(Cl)c2)cc1. The number of halogens is 1. The lowest BCUT2D eigenvalue weighted by Crippen LogP contribution is -2.29. The fourth-order valence-electron chi connectivity index (χ4n) is 2.15. The van der Waals surface area contributed by atoms with Crippen molar-refractivity contribution in [1.29, 1.82) is 0 Å². The third kappa shape index (κ3) is 5.39. The first-order valence-electron chi connectivity index (χ1n) is 7.03. The molecule has 0 saturated heterocycles. The van der Waals surface area contributed by atoms with E-state index < -0.39 is 0 Å². The zero-order valence-corrected chi connectivity index (χ0v) is 12.9. The van der Waals surface area contributed by atoms with Gasteiger partial charge in [0.25, 0.3) is 0 Å². The molecule has 0 aliphatic rings. The molecule has 0 heterocycles. The van der Waals surface area contributed by atoms with Crippen LogP contribution in [0.15, 0.2) is 48.5 Å². The highest BCUT2D eigenvalue weighted by atomic mass is 35.5. The van der Waals surface area contributed by atoms with Crippen molar-refractivity contribution >= 4 is 17.5 Å². The van der Waals surface area contributed by atoms with Crippen LogP contribution in [0.25, 0.3) is 0 Å². The molecule has 0 radical (unpaired) electrons. The molecule has 1 unspecified atom stereocenters. The van der Waals surface area contributed by atoms with Gasteiger partial charge in [0, 0.05) is 17.5 Å². The van der Waals surface area contributed by atoms with E-state index in [2.05, 4.69) is 0 Å². The number of nitrogens with two attached hydrogens (primary N) is 2. The maximum Gasteiger partial charge on any atom is 0.218 e. The van der Waals surface area contributed by atoms with Crippen LogP contribution in [0.1, 0.15) is 17.5 Å². The molecule has 2 aromatic rings. The van der Waals surface area contributed by atoms with E-state index in [4.69, 9.17) is 27.8 Å². The summed E-state index contributed by atoms with van der Waals surface area (Å²) in [7, 11) is 0. The number of benzene rings is 2. The lowest BCUT2D eigenvalue weighted by atomic mass is 10.0. The average Bonchev–Trinajstić information content (AvgIpc) is 2.46. The van der Waals surface area contributed by atoms with Crippen molar-refractivity contribution in [2.45, 2.75) is 25.5 Å². The Morgan fingerprint density at radius 3 is 2.50 bits per heavy atom. The van der Waals surface area contributed by atoms with E-state index >= 15 is 0 Å². The van der Waals surface area contributed by atoms with E-state index in [-0.39, 0.29) is 18.4 Å². The number of hydrogen-bond acceptors (Lipinski definition) is 3. The van der Waals surface area contributed by atoms with Crippen LogP contribution in [0.4, 0.5) is 0 Å². The van der Waals surface area contributed by atoms with Gasteiger partial charge in [0.15, 0.2) is 0 Å². The van der Waals surface area contributed by atoms with Crippen molar-refractivity contribution in [3.63, 3.8) is 0 Å². The highest BCUT2D eigenvalue weighted by Gasteiger charge is 2.07. The summed E-state index contributed by atoms with van der Waals surface area (Å²) in [6, 6.07) is 15.0. The zero-order valence-electron chi connectivity index (χ0n) is 12.2. The average molecular weight is 319 g/mol. The molecule has 0 aromatic heterocycles. The molecule has 0 aliphatic carbocycles. The fourth-order valence-corrected chi connectivity index (χ4v) is 2.36. The number of carbonyl (C=O) groups is 1. The van der Waals surface area contributed by atoms with Crippen LogP contribution >= 0.6 is 11.6 Å². The molecule has 4 nitrogen and oxygen atoms in total. The third-order valence-electron chi connectivity index (χ3n) is 3.18. The predicted molar refractivity (Wildman–Crippen MR) is 87.7 cm³/mol. The van der Waals surface area contributed by atoms with Crippen LogP contribution in [0.5, 0.6) is 5.75 Å². The number of carbonyl (C=O) groups excluding carboxylic acids is 1. The smallest absolute Gasteiger partial charge is 0.218 e. The van der Waals surface area contributed by atoms with Crippen LogP contribution < -0.4 is 16.2 Å². The van der Waals surface area contributed by atoms with Crippen molar-refractivity contribution in [3.8, 4) is 5.75 Å². The first-order valence-corrected chi connectivity index (χ1v) is 7.41. The summed E-state index contributed by atoms with van der Waals surface area (Å²) in [5, 5.41) is 0.694. The summed E-state index contributed by atoms with van der Waals surface area (Å²) in [6.07, 6.45) is 0.796. The summed E-state index contributed by atoms with van der Waals surface area (Å²) in [5.74, 6) is 0.390. The first kappa shape index (κ1) is 16.3. The Balaban J connectivity index is 1.87. The Morgan fingerprint density at radius 1 is 1.14 bits per heavy atom. The molecule has 1 amide bonds. The van der Waals surface area contributed by atoms with E-state index in [1.165, 1.54) is 0 Å². The number of primary amides is 1. The normalized spacial score (nSPS) is 11.9. The summed E-state index contributed by atoms with van der Waals surface area (Å²) in [4.78, 5) is 10.8. The highest BCUT2D eigenvalue weighted by molar-refractivity contribution is 6.30. The van der Waals surface area contributed by atoms with Crippen LogP contribution in [0.2, 0.25) is 5.02 Å². The topological polar surface area (TPSA) is 78.3 Å². The molecule has 0 spiro atoms. The van der Waals surface area contributed by atoms with Crippen molar-refractivity contribution in [3.05, 3.63) is 64.7 Å². The Morgan fingerprint density at radius 2 is 1.86 bits per heavy atom. The molecule has 4 N–H and O–H groups in total. The van der Waals surface area contributed by atoms with Gasteiger partial charge >= 0.3 is 0 Å². The second-order valence-corrected chi connectivity index (χ2v) is 5.63. The van der Waals surface area contributed by atoms with Gasteiger partial charge in [-0.1, -0.05) is 35.9 Å². The van der Waals surface area contributed by atoms with Gasteiger partial charge in [-0.25, -0.2) is 0 Å². The number of rotatable bonds is 7. The molecule has 0 fully saturated rings. The minimum Gasteiger partial charge on any atom is -0.489 e. The van der Waals surface area contributed by atoms with Gasteiger partial charge in [0.1, 0.15) is 12.4 Å². The molecule has 22 heavy (non-hydrogen) atoms. The lowest BCUT2D eigenvalue weighted by molar-refractivity contribution is -0.118. The zero-order chi connectivity index (χ0) is 15.9. The quantitative estimate of drug-likeness (QED) is 0.823. The number of ether oxygens (including phenoxy) is 1.